The Labute approximate surface area is 132 Å². The second-order valence-electron chi connectivity index (χ2n) is 4.26. The van der Waals surface area contributed by atoms with Crippen LogP contribution >= 0.6 is 0 Å². The second-order valence-corrected chi connectivity index (χ2v) is 6.99. The van der Waals surface area contributed by atoms with Gasteiger partial charge in [0.05, 0.1) is 6.61 Å². The highest BCUT2D eigenvalue weighted by Gasteiger charge is 2.36. The molecular formula is C14H26O7Si. The van der Waals surface area contributed by atoms with Gasteiger partial charge in [-0.2, -0.15) is 0 Å². The minimum atomic E-state index is -2.89. The molecule has 1 N–H and O–H groups in total. The fourth-order valence-corrected chi connectivity index (χ4v) is 2.58. The quantitative estimate of drug-likeness (QED) is 0.412. The number of hydrogen-bond donors (Lipinski definition) is 1. The predicted molar refractivity (Wildman–Crippen MR) is 84.2 cm³/mol. The average molecular weight is 334 g/mol. The molecule has 8 heteroatoms. The zero-order valence-electron chi connectivity index (χ0n) is 14.1. The molecule has 7 nitrogen and oxygen atoms in total. The SMILES string of the molecule is C=C(C)C(=O)OCCC.CO[Si](C=C(C)C(=O)O)(OC)OC. The lowest BCUT2D eigenvalue weighted by Gasteiger charge is -2.20. The first kappa shape index (κ1) is 22.8. The van der Waals surface area contributed by atoms with E-state index in [4.69, 9.17) is 23.1 Å². The van der Waals surface area contributed by atoms with Gasteiger partial charge in [-0.05, 0) is 26.0 Å². The summed E-state index contributed by atoms with van der Waals surface area (Å²) in [6.45, 7) is 8.97. The summed E-state index contributed by atoms with van der Waals surface area (Å²) < 4.78 is 19.7. The summed E-state index contributed by atoms with van der Waals surface area (Å²) >= 11 is 0. The lowest BCUT2D eigenvalue weighted by atomic mass is 10.4. The number of carboxylic acids is 1. The Morgan fingerprint density at radius 3 is 1.86 bits per heavy atom. The highest BCUT2D eigenvalue weighted by molar-refractivity contribution is 6.66. The van der Waals surface area contributed by atoms with Crippen molar-refractivity contribution < 1.29 is 32.7 Å². The van der Waals surface area contributed by atoms with Crippen molar-refractivity contribution in [3.8, 4) is 0 Å². The Bertz CT molecular complexity index is 392. The van der Waals surface area contributed by atoms with Gasteiger partial charge in [0.15, 0.2) is 0 Å². The molecule has 0 atom stereocenters. The van der Waals surface area contributed by atoms with E-state index in [9.17, 15) is 9.59 Å². The van der Waals surface area contributed by atoms with E-state index in [-0.39, 0.29) is 11.5 Å². The number of carbonyl (C=O) groups excluding carboxylic acids is 1. The zero-order valence-corrected chi connectivity index (χ0v) is 15.1. The molecule has 0 amide bonds. The molecule has 0 aromatic heterocycles. The third kappa shape index (κ3) is 9.45. The highest BCUT2D eigenvalue weighted by atomic mass is 28.4. The number of carboxylic acid groups (broad SMARTS) is 1. The summed E-state index contributed by atoms with van der Waals surface area (Å²) in [5, 5.41) is 8.62. The Morgan fingerprint density at radius 1 is 1.14 bits per heavy atom. The number of aliphatic carboxylic acids is 1. The van der Waals surface area contributed by atoms with E-state index in [2.05, 4.69) is 6.58 Å². The van der Waals surface area contributed by atoms with Crippen molar-refractivity contribution in [3.63, 3.8) is 0 Å². The van der Waals surface area contributed by atoms with Crippen LogP contribution < -0.4 is 0 Å². The first-order chi connectivity index (χ1) is 10.2. The maximum atomic E-state index is 10.6. The summed E-state index contributed by atoms with van der Waals surface area (Å²) in [6, 6.07) is 0. The van der Waals surface area contributed by atoms with Gasteiger partial charge in [-0.15, -0.1) is 0 Å². The molecule has 22 heavy (non-hydrogen) atoms. The monoisotopic (exact) mass is 334 g/mol. The van der Waals surface area contributed by atoms with Crippen molar-refractivity contribution in [1.29, 1.82) is 0 Å². The topological polar surface area (TPSA) is 91.3 Å². The van der Waals surface area contributed by atoms with Crippen LogP contribution in [-0.2, 0) is 27.6 Å². The van der Waals surface area contributed by atoms with Crippen molar-refractivity contribution in [2.24, 2.45) is 0 Å². The van der Waals surface area contributed by atoms with Crippen molar-refractivity contribution in [2.45, 2.75) is 27.2 Å². The Balaban J connectivity index is 0. The fraction of sp³-hybridized carbons (Fsp3) is 0.571. The third-order valence-corrected chi connectivity index (χ3v) is 4.86. The third-order valence-electron chi connectivity index (χ3n) is 2.37. The zero-order chi connectivity index (χ0) is 17.8. The number of hydrogen-bond acceptors (Lipinski definition) is 6. The van der Waals surface area contributed by atoms with Crippen molar-refractivity contribution in [3.05, 3.63) is 23.4 Å². The van der Waals surface area contributed by atoms with Gasteiger partial charge < -0.3 is 23.1 Å². The molecule has 0 saturated carbocycles. The maximum Gasteiger partial charge on any atom is 0.529 e. The van der Waals surface area contributed by atoms with Crippen LogP contribution in [0.25, 0.3) is 0 Å². The molecule has 0 aromatic carbocycles. The van der Waals surface area contributed by atoms with E-state index in [1.165, 1.54) is 34.0 Å². The van der Waals surface area contributed by atoms with Crippen molar-refractivity contribution in [1.82, 2.24) is 0 Å². The van der Waals surface area contributed by atoms with Crippen LogP contribution in [0.4, 0.5) is 0 Å². The lowest BCUT2D eigenvalue weighted by Crippen LogP contribution is -2.41. The molecule has 0 aromatic rings. The van der Waals surface area contributed by atoms with Gasteiger partial charge in [-0.3, -0.25) is 0 Å². The molecule has 0 heterocycles. The first-order valence-corrected chi connectivity index (χ1v) is 8.40. The molecule has 0 unspecified atom stereocenters. The number of rotatable bonds is 8. The maximum absolute atomic E-state index is 10.6. The Morgan fingerprint density at radius 2 is 1.59 bits per heavy atom. The molecule has 0 aliphatic carbocycles. The number of esters is 1. The van der Waals surface area contributed by atoms with Crippen molar-refractivity contribution in [2.75, 3.05) is 27.9 Å². The minimum Gasteiger partial charge on any atom is -0.478 e. The largest absolute Gasteiger partial charge is 0.529 e. The van der Waals surface area contributed by atoms with E-state index in [1.54, 1.807) is 6.92 Å². The molecule has 128 valence electrons. The van der Waals surface area contributed by atoms with Gasteiger partial charge in [-0.1, -0.05) is 13.5 Å². The molecule has 0 bridgehead atoms. The standard InChI is InChI=1S/C7H14O5Si.C7H12O2/c1-6(7(8)9)5-13(10-2,11-3)12-4;1-4-5-9-7(8)6(2)3/h5H,1-4H3,(H,8,9);2,4-5H2,1,3H3. The van der Waals surface area contributed by atoms with E-state index in [0.29, 0.717) is 12.2 Å². The van der Waals surface area contributed by atoms with Crippen LogP contribution in [0.3, 0.4) is 0 Å². The molecule has 0 radical (unpaired) electrons. The smallest absolute Gasteiger partial charge is 0.478 e. The summed E-state index contributed by atoms with van der Waals surface area (Å²) in [6.07, 6.45) is 0.860. The minimum absolute atomic E-state index is 0.150. The summed E-state index contributed by atoms with van der Waals surface area (Å²) in [4.78, 5) is 21.1. The molecule has 0 aliphatic rings. The molecule has 0 aliphatic heterocycles. The Hall–Kier alpha value is -1.48. The molecule has 0 spiro atoms. The van der Waals surface area contributed by atoms with E-state index in [0.717, 1.165) is 6.42 Å². The molecule has 0 rings (SSSR count). The molecule has 0 saturated heterocycles. The predicted octanol–water partition coefficient (Wildman–Crippen LogP) is 1.95. The summed E-state index contributed by atoms with van der Waals surface area (Å²) in [5.74, 6) is -1.31. The van der Waals surface area contributed by atoms with Gasteiger partial charge >= 0.3 is 20.7 Å². The van der Waals surface area contributed by atoms with Crippen LogP contribution in [0, 0.1) is 0 Å². The van der Waals surface area contributed by atoms with E-state index >= 15 is 0 Å². The normalized spacial score (nSPS) is 11.3. The van der Waals surface area contributed by atoms with Gasteiger partial charge in [0, 0.05) is 32.5 Å². The van der Waals surface area contributed by atoms with Gasteiger partial charge in [0.1, 0.15) is 0 Å². The summed E-state index contributed by atoms with van der Waals surface area (Å²) in [5.41, 5.74) is 2.00. The molecular weight excluding hydrogens is 308 g/mol. The van der Waals surface area contributed by atoms with Crippen LogP contribution in [0.1, 0.15) is 27.2 Å². The van der Waals surface area contributed by atoms with Crippen LogP contribution in [0.5, 0.6) is 0 Å². The lowest BCUT2D eigenvalue weighted by molar-refractivity contribution is -0.139. The van der Waals surface area contributed by atoms with E-state index < -0.39 is 14.8 Å². The number of ether oxygens (including phenoxy) is 1. The van der Waals surface area contributed by atoms with Crippen LogP contribution in [0.15, 0.2) is 23.4 Å². The highest BCUT2D eigenvalue weighted by Crippen LogP contribution is 2.10. The fourth-order valence-electron chi connectivity index (χ4n) is 1.07. The van der Waals surface area contributed by atoms with Crippen molar-refractivity contribution >= 4 is 20.7 Å². The van der Waals surface area contributed by atoms with Crippen LogP contribution in [-0.4, -0.2) is 53.8 Å². The average Bonchev–Trinajstić information content (AvgIpc) is 2.50. The first-order valence-electron chi connectivity index (χ1n) is 6.60. The molecule has 0 fully saturated rings. The number of carbonyl (C=O) groups is 2. The van der Waals surface area contributed by atoms with Gasteiger partial charge in [-0.25, -0.2) is 9.59 Å². The van der Waals surface area contributed by atoms with Gasteiger partial charge in [0.25, 0.3) is 0 Å². The summed E-state index contributed by atoms with van der Waals surface area (Å²) in [7, 11) is 1.38. The van der Waals surface area contributed by atoms with E-state index in [1.807, 2.05) is 6.92 Å². The second kappa shape index (κ2) is 12.1. The van der Waals surface area contributed by atoms with Gasteiger partial charge in [0.2, 0.25) is 0 Å². The van der Waals surface area contributed by atoms with Crippen LogP contribution in [0.2, 0.25) is 0 Å². The Kier molecular flexibility index (Phi) is 12.5.